The fourth-order valence-corrected chi connectivity index (χ4v) is 8.89. The van der Waals surface area contributed by atoms with E-state index in [1.165, 1.54) is 33.4 Å². The number of benzene rings is 8. The Morgan fingerprint density at radius 2 is 0.839 bits per heavy atom. The minimum Gasteiger partial charge on any atom is -0.278 e. The Morgan fingerprint density at radius 1 is 0.339 bits per heavy atom. The second kappa shape index (κ2) is 12.9. The van der Waals surface area contributed by atoms with Crippen molar-refractivity contribution in [2.75, 3.05) is 0 Å². The van der Waals surface area contributed by atoms with Gasteiger partial charge in [0.2, 0.25) is 5.95 Å². The highest BCUT2D eigenvalue weighted by Gasteiger charge is 2.46. The molecule has 2 aromatic heterocycles. The third-order valence-electron chi connectivity index (χ3n) is 11.4. The normalized spacial score (nSPS) is 12.8. The molecule has 1 aliphatic rings. The van der Waals surface area contributed by atoms with Crippen molar-refractivity contribution in [2.24, 2.45) is 0 Å². The van der Waals surface area contributed by atoms with Crippen molar-refractivity contribution in [3.63, 3.8) is 0 Å². The number of aromatic nitrogens is 4. The first-order valence-electron chi connectivity index (χ1n) is 19.0. The van der Waals surface area contributed by atoms with Crippen molar-refractivity contribution in [3.05, 3.63) is 229 Å². The van der Waals surface area contributed by atoms with Crippen LogP contribution >= 0.6 is 0 Å². The molecule has 0 aliphatic heterocycles. The van der Waals surface area contributed by atoms with Gasteiger partial charge in [-0.25, -0.2) is 4.98 Å². The Hall–Kier alpha value is -7.43. The van der Waals surface area contributed by atoms with Crippen LogP contribution in [0, 0.1) is 0 Å². The van der Waals surface area contributed by atoms with E-state index in [2.05, 4.69) is 174 Å². The van der Waals surface area contributed by atoms with Crippen LogP contribution in [0.25, 0.3) is 72.8 Å². The van der Waals surface area contributed by atoms with Crippen molar-refractivity contribution in [1.82, 2.24) is 19.5 Å². The minimum absolute atomic E-state index is 0.476. The summed E-state index contributed by atoms with van der Waals surface area (Å²) in [5.74, 6) is 1.85. The lowest BCUT2D eigenvalue weighted by Gasteiger charge is -2.34. The maximum atomic E-state index is 5.17. The molecule has 2 heterocycles. The van der Waals surface area contributed by atoms with Gasteiger partial charge in [0.25, 0.3) is 0 Å². The third-order valence-corrected chi connectivity index (χ3v) is 11.4. The third kappa shape index (κ3) is 4.89. The van der Waals surface area contributed by atoms with Gasteiger partial charge in [0.15, 0.2) is 11.6 Å². The van der Waals surface area contributed by atoms with Crippen LogP contribution < -0.4 is 0 Å². The monoisotopic (exact) mass is 714 g/mol. The molecule has 10 aromatic rings. The molecular formula is C52H34N4. The average molecular weight is 715 g/mol. The molecule has 0 saturated heterocycles. The molecule has 0 amide bonds. The zero-order valence-electron chi connectivity index (χ0n) is 30.4. The molecule has 8 aromatic carbocycles. The number of rotatable bonds is 6. The summed E-state index contributed by atoms with van der Waals surface area (Å²) in [4.78, 5) is 15.3. The number of para-hydroxylation sites is 1. The van der Waals surface area contributed by atoms with Crippen molar-refractivity contribution >= 4 is 21.8 Å². The Labute approximate surface area is 325 Å². The molecule has 0 fully saturated rings. The van der Waals surface area contributed by atoms with E-state index in [1.807, 2.05) is 36.4 Å². The molecule has 0 radical (unpaired) electrons. The van der Waals surface area contributed by atoms with E-state index in [4.69, 9.17) is 15.0 Å². The predicted molar refractivity (Wildman–Crippen MR) is 228 cm³/mol. The molecular weight excluding hydrogens is 681 g/mol. The molecule has 1 aliphatic carbocycles. The van der Waals surface area contributed by atoms with Crippen LogP contribution in [0.4, 0.5) is 0 Å². The average Bonchev–Trinajstić information content (AvgIpc) is 3.77. The van der Waals surface area contributed by atoms with Gasteiger partial charge in [0.1, 0.15) is 0 Å². The first-order valence-corrected chi connectivity index (χ1v) is 19.0. The molecule has 0 saturated carbocycles. The smallest absolute Gasteiger partial charge is 0.238 e. The predicted octanol–water partition coefficient (Wildman–Crippen LogP) is 12.3. The lowest BCUT2D eigenvalue weighted by Crippen LogP contribution is -2.28. The minimum atomic E-state index is -0.476. The summed E-state index contributed by atoms with van der Waals surface area (Å²) in [6, 6.07) is 73.5. The van der Waals surface area contributed by atoms with Crippen LogP contribution in [0.1, 0.15) is 22.3 Å². The van der Waals surface area contributed by atoms with E-state index in [1.54, 1.807) is 0 Å². The lowest BCUT2D eigenvalue weighted by atomic mass is 9.67. The highest BCUT2D eigenvalue weighted by Crippen LogP contribution is 2.56. The van der Waals surface area contributed by atoms with Crippen LogP contribution in [0.15, 0.2) is 206 Å². The van der Waals surface area contributed by atoms with Gasteiger partial charge in [-0.15, -0.1) is 0 Å². The summed E-state index contributed by atoms with van der Waals surface area (Å²) < 4.78 is 2.20. The SMILES string of the molecule is c1ccc(-c2nc(-c3ccccc3)nc(-n3c4ccccc4c4ccc(-c5ccc6c(c5)C(c5ccccc5)(c5ccccc5)c5ccccc5-6)cc43)n2)cc1. The van der Waals surface area contributed by atoms with E-state index in [0.29, 0.717) is 17.6 Å². The molecule has 262 valence electrons. The maximum absolute atomic E-state index is 5.17. The number of fused-ring (bicyclic) bond motifs is 6. The van der Waals surface area contributed by atoms with Crippen molar-refractivity contribution in [3.8, 4) is 51.0 Å². The molecule has 4 nitrogen and oxygen atoms in total. The van der Waals surface area contributed by atoms with Gasteiger partial charge in [-0.2, -0.15) is 9.97 Å². The maximum Gasteiger partial charge on any atom is 0.238 e. The largest absolute Gasteiger partial charge is 0.278 e. The van der Waals surface area contributed by atoms with Gasteiger partial charge < -0.3 is 0 Å². The summed E-state index contributed by atoms with van der Waals surface area (Å²) in [6.45, 7) is 0. The van der Waals surface area contributed by atoms with E-state index in [0.717, 1.165) is 44.1 Å². The fraction of sp³-hybridized carbons (Fsp3) is 0.0192. The number of hydrogen-bond donors (Lipinski definition) is 0. The number of nitrogens with zero attached hydrogens (tertiary/aromatic N) is 4. The van der Waals surface area contributed by atoms with Gasteiger partial charge in [-0.3, -0.25) is 4.57 Å². The standard InChI is InChI=1S/C52H34N4/c1-5-17-35(18-6-1)49-53-50(36-19-7-2-8-20-36)55-51(54-49)56-47-28-16-14-26-43(47)44-32-30-38(34-48(44)56)37-29-31-42-41-25-13-15-27-45(41)52(46(42)33-37,39-21-9-3-10-22-39)40-23-11-4-12-24-40/h1-34H. The quantitative estimate of drug-likeness (QED) is 0.172. The van der Waals surface area contributed by atoms with Gasteiger partial charge in [-0.1, -0.05) is 188 Å². The first kappa shape index (κ1) is 32.0. The molecule has 0 atom stereocenters. The second-order valence-electron chi connectivity index (χ2n) is 14.4. The summed E-state index contributed by atoms with van der Waals surface area (Å²) >= 11 is 0. The van der Waals surface area contributed by atoms with Crippen molar-refractivity contribution < 1.29 is 0 Å². The highest BCUT2D eigenvalue weighted by molar-refractivity contribution is 6.10. The lowest BCUT2D eigenvalue weighted by molar-refractivity contribution is 0.769. The Balaban J connectivity index is 1.15. The molecule has 0 unspecified atom stereocenters. The first-order chi connectivity index (χ1) is 27.8. The van der Waals surface area contributed by atoms with Crippen LogP contribution in [0.5, 0.6) is 0 Å². The van der Waals surface area contributed by atoms with Gasteiger partial charge in [0, 0.05) is 21.9 Å². The Morgan fingerprint density at radius 3 is 1.50 bits per heavy atom. The van der Waals surface area contributed by atoms with Gasteiger partial charge in [0.05, 0.1) is 16.4 Å². The zero-order chi connectivity index (χ0) is 37.1. The summed E-state index contributed by atoms with van der Waals surface area (Å²) in [6.07, 6.45) is 0. The number of hydrogen-bond acceptors (Lipinski definition) is 3. The van der Waals surface area contributed by atoms with Crippen molar-refractivity contribution in [1.29, 1.82) is 0 Å². The van der Waals surface area contributed by atoms with E-state index in [9.17, 15) is 0 Å². The van der Waals surface area contributed by atoms with Gasteiger partial charge >= 0.3 is 0 Å². The summed E-state index contributed by atoms with van der Waals surface area (Å²) in [5.41, 5.74) is 13.4. The topological polar surface area (TPSA) is 43.6 Å². The second-order valence-corrected chi connectivity index (χ2v) is 14.4. The van der Waals surface area contributed by atoms with Gasteiger partial charge in [-0.05, 0) is 62.7 Å². The molecule has 0 bridgehead atoms. The van der Waals surface area contributed by atoms with Crippen LogP contribution in [0.2, 0.25) is 0 Å². The fourth-order valence-electron chi connectivity index (χ4n) is 8.89. The summed E-state index contributed by atoms with van der Waals surface area (Å²) in [7, 11) is 0. The van der Waals surface area contributed by atoms with E-state index in [-0.39, 0.29) is 0 Å². The van der Waals surface area contributed by atoms with E-state index >= 15 is 0 Å². The zero-order valence-corrected chi connectivity index (χ0v) is 30.4. The van der Waals surface area contributed by atoms with E-state index < -0.39 is 5.41 Å². The molecule has 56 heavy (non-hydrogen) atoms. The Bertz CT molecular complexity index is 2960. The molecule has 0 N–H and O–H groups in total. The molecule has 0 spiro atoms. The highest BCUT2D eigenvalue weighted by atomic mass is 15.2. The van der Waals surface area contributed by atoms with Crippen LogP contribution in [-0.2, 0) is 5.41 Å². The molecule has 4 heteroatoms. The molecule has 11 rings (SSSR count). The van der Waals surface area contributed by atoms with Crippen LogP contribution in [-0.4, -0.2) is 19.5 Å². The Kier molecular flexibility index (Phi) is 7.36. The van der Waals surface area contributed by atoms with Crippen LogP contribution in [0.3, 0.4) is 0 Å². The van der Waals surface area contributed by atoms with Crippen molar-refractivity contribution in [2.45, 2.75) is 5.41 Å². The summed E-state index contributed by atoms with van der Waals surface area (Å²) in [5, 5.41) is 2.29.